The lowest BCUT2D eigenvalue weighted by molar-refractivity contribution is -0.131. The van der Waals surface area contributed by atoms with E-state index in [-0.39, 0.29) is 18.6 Å². The van der Waals surface area contributed by atoms with Gasteiger partial charge in [-0.15, -0.1) is 0 Å². The predicted octanol–water partition coefficient (Wildman–Crippen LogP) is 4.38. The smallest absolute Gasteiger partial charge is 0.231 e. The molecular formula is C24H24N2O3. The fourth-order valence-corrected chi connectivity index (χ4v) is 3.63. The van der Waals surface area contributed by atoms with Gasteiger partial charge in [-0.1, -0.05) is 36.4 Å². The second-order valence-corrected chi connectivity index (χ2v) is 7.04. The van der Waals surface area contributed by atoms with Crippen LogP contribution in [0.1, 0.15) is 36.0 Å². The van der Waals surface area contributed by atoms with Gasteiger partial charge in [0.05, 0.1) is 0 Å². The van der Waals surface area contributed by atoms with Crippen LogP contribution in [0.2, 0.25) is 0 Å². The monoisotopic (exact) mass is 388 g/mol. The van der Waals surface area contributed by atoms with Gasteiger partial charge >= 0.3 is 0 Å². The highest BCUT2D eigenvalue weighted by Gasteiger charge is 2.24. The van der Waals surface area contributed by atoms with Crippen LogP contribution in [0.25, 0.3) is 0 Å². The molecule has 4 rings (SSSR count). The Bertz CT molecular complexity index is 960. The van der Waals surface area contributed by atoms with Crippen molar-refractivity contribution < 1.29 is 14.3 Å². The average molecular weight is 388 g/mol. The third-order valence-corrected chi connectivity index (χ3v) is 5.24. The molecule has 0 N–H and O–H groups in total. The molecule has 148 valence electrons. The van der Waals surface area contributed by atoms with Crippen molar-refractivity contribution in [2.45, 2.75) is 25.8 Å². The molecule has 0 fully saturated rings. The third-order valence-electron chi connectivity index (χ3n) is 5.24. The Labute approximate surface area is 170 Å². The summed E-state index contributed by atoms with van der Waals surface area (Å²) >= 11 is 0. The van der Waals surface area contributed by atoms with E-state index in [1.165, 1.54) is 0 Å². The summed E-state index contributed by atoms with van der Waals surface area (Å²) in [6.45, 7) is 3.49. The second-order valence-electron chi connectivity index (χ2n) is 7.04. The van der Waals surface area contributed by atoms with Gasteiger partial charge in [-0.2, -0.15) is 0 Å². The number of fused-ring (bicyclic) bond motifs is 1. The molecular weight excluding hydrogens is 364 g/mol. The first-order valence-corrected chi connectivity index (χ1v) is 9.85. The van der Waals surface area contributed by atoms with E-state index in [0.29, 0.717) is 19.5 Å². The van der Waals surface area contributed by atoms with Crippen molar-refractivity contribution in [3.8, 4) is 11.5 Å². The fourth-order valence-electron chi connectivity index (χ4n) is 3.63. The largest absolute Gasteiger partial charge is 0.454 e. The van der Waals surface area contributed by atoms with Gasteiger partial charge < -0.3 is 14.4 Å². The van der Waals surface area contributed by atoms with Gasteiger partial charge in [-0.3, -0.25) is 9.78 Å². The highest BCUT2D eigenvalue weighted by Crippen LogP contribution is 2.37. The summed E-state index contributed by atoms with van der Waals surface area (Å²) in [6, 6.07) is 20.0. The molecule has 1 amide bonds. The first-order valence-electron chi connectivity index (χ1n) is 9.85. The van der Waals surface area contributed by atoms with Crippen LogP contribution in [-0.4, -0.2) is 29.1 Å². The van der Waals surface area contributed by atoms with Crippen LogP contribution >= 0.6 is 0 Å². The molecule has 0 spiro atoms. The van der Waals surface area contributed by atoms with Crippen LogP contribution in [-0.2, 0) is 11.3 Å². The summed E-state index contributed by atoms with van der Waals surface area (Å²) in [5.41, 5.74) is 3.24. The highest BCUT2D eigenvalue weighted by molar-refractivity contribution is 5.78. The molecule has 5 heteroatoms. The Balaban J connectivity index is 1.59. The summed E-state index contributed by atoms with van der Waals surface area (Å²) < 4.78 is 11.0. The van der Waals surface area contributed by atoms with E-state index in [9.17, 15) is 4.79 Å². The van der Waals surface area contributed by atoms with Crippen molar-refractivity contribution in [1.82, 2.24) is 9.88 Å². The number of nitrogens with zero attached hydrogens (tertiary/aromatic N) is 2. The zero-order valence-corrected chi connectivity index (χ0v) is 16.5. The number of carbonyl (C=O) groups excluding carboxylic acids is 1. The highest BCUT2D eigenvalue weighted by atomic mass is 16.7. The van der Waals surface area contributed by atoms with E-state index < -0.39 is 0 Å². The van der Waals surface area contributed by atoms with Gasteiger partial charge in [0.2, 0.25) is 12.7 Å². The number of carbonyl (C=O) groups is 1. The molecule has 0 saturated heterocycles. The Morgan fingerprint density at radius 2 is 1.76 bits per heavy atom. The van der Waals surface area contributed by atoms with Gasteiger partial charge in [0, 0.05) is 37.8 Å². The van der Waals surface area contributed by atoms with Crippen molar-refractivity contribution in [1.29, 1.82) is 0 Å². The normalized spacial score (nSPS) is 13.1. The molecule has 0 aliphatic carbocycles. The molecule has 2 heterocycles. The second kappa shape index (κ2) is 8.78. The number of pyridine rings is 1. The van der Waals surface area contributed by atoms with E-state index in [1.807, 2.05) is 60.4 Å². The van der Waals surface area contributed by atoms with E-state index in [2.05, 4.69) is 17.1 Å². The zero-order valence-electron chi connectivity index (χ0n) is 16.5. The maximum Gasteiger partial charge on any atom is 0.231 e. The number of hydrogen-bond acceptors (Lipinski definition) is 4. The summed E-state index contributed by atoms with van der Waals surface area (Å²) in [6.07, 6.45) is 3.91. The number of benzene rings is 2. The van der Waals surface area contributed by atoms with Gasteiger partial charge in [-0.05, 0) is 47.9 Å². The maximum atomic E-state index is 13.2. The van der Waals surface area contributed by atoms with Crippen LogP contribution in [0.4, 0.5) is 0 Å². The van der Waals surface area contributed by atoms with E-state index in [4.69, 9.17) is 9.47 Å². The minimum absolute atomic E-state index is 0.0512. The molecule has 1 atom stereocenters. The van der Waals surface area contributed by atoms with E-state index in [1.54, 1.807) is 12.4 Å². The molecule has 0 saturated carbocycles. The van der Waals surface area contributed by atoms with Crippen molar-refractivity contribution in [2.75, 3.05) is 13.3 Å². The molecule has 1 aliphatic rings. The maximum absolute atomic E-state index is 13.2. The summed E-state index contributed by atoms with van der Waals surface area (Å²) in [5.74, 6) is 1.56. The number of amides is 1. The summed E-state index contributed by atoms with van der Waals surface area (Å²) in [5, 5.41) is 0. The van der Waals surface area contributed by atoms with Crippen LogP contribution in [0.5, 0.6) is 11.5 Å². The first-order chi connectivity index (χ1) is 14.2. The number of rotatable bonds is 7. The topological polar surface area (TPSA) is 51.7 Å². The Kier molecular flexibility index (Phi) is 5.75. The minimum atomic E-state index is -0.0512. The Hall–Kier alpha value is -3.34. The van der Waals surface area contributed by atoms with Gasteiger partial charge in [0.1, 0.15) is 0 Å². The van der Waals surface area contributed by atoms with Gasteiger partial charge in [0.25, 0.3) is 0 Å². The van der Waals surface area contributed by atoms with Gasteiger partial charge in [0.15, 0.2) is 11.5 Å². The van der Waals surface area contributed by atoms with E-state index >= 15 is 0 Å². The van der Waals surface area contributed by atoms with E-state index in [0.717, 1.165) is 28.2 Å². The molecule has 0 unspecified atom stereocenters. The quantitative estimate of drug-likeness (QED) is 0.603. The van der Waals surface area contributed by atoms with Crippen LogP contribution in [0.15, 0.2) is 73.1 Å². The van der Waals surface area contributed by atoms with Gasteiger partial charge in [-0.25, -0.2) is 0 Å². The standard InChI is InChI=1S/C24H24N2O3/c1-2-26(16-18-10-12-25-13-11-18)24(27)15-21(19-6-4-3-5-7-19)20-8-9-22-23(14-20)29-17-28-22/h3-14,21H,2,15-17H2,1H3/t21-/m1/s1. The van der Waals surface area contributed by atoms with Crippen molar-refractivity contribution >= 4 is 5.91 Å². The number of ether oxygens (including phenoxy) is 2. The molecule has 1 aromatic heterocycles. The first kappa shape index (κ1) is 19.0. The van der Waals surface area contributed by atoms with Crippen molar-refractivity contribution in [2.24, 2.45) is 0 Å². The molecule has 1 aliphatic heterocycles. The lowest BCUT2D eigenvalue weighted by Gasteiger charge is -2.25. The summed E-state index contributed by atoms with van der Waals surface area (Å²) in [4.78, 5) is 19.2. The third kappa shape index (κ3) is 4.40. The molecule has 5 nitrogen and oxygen atoms in total. The SMILES string of the molecule is CCN(Cc1ccncc1)C(=O)C[C@H](c1ccccc1)c1ccc2c(c1)OCO2. The molecule has 3 aromatic rings. The summed E-state index contributed by atoms with van der Waals surface area (Å²) in [7, 11) is 0. The lowest BCUT2D eigenvalue weighted by atomic mass is 9.88. The average Bonchev–Trinajstić information content (AvgIpc) is 3.25. The van der Waals surface area contributed by atoms with Crippen molar-refractivity contribution in [3.63, 3.8) is 0 Å². The molecule has 0 bridgehead atoms. The predicted molar refractivity (Wildman–Crippen MR) is 111 cm³/mol. The molecule has 29 heavy (non-hydrogen) atoms. The zero-order chi connectivity index (χ0) is 20.1. The molecule has 0 radical (unpaired) electrons. The minimum Gasteiger partial charge on any atom is -0.454 e. The number of aromatic nitrogens is 1. The Morgan fingerprint density at radius 3 is 2.52 bits per heavy atom. The van der Waals surface area contributed by atoms with Crippen LogP contribution < -0.4 is 9.47 Å². The lowest BCUT2D eigenvalue weighted by Crippen LogP contribution is -2.31. The number of hydrogen-bond donors (Lipinski definition) is 0. The fraction of sp³-hybridized carbons (Fsp3) is 0.250. The van der Waals surface area contributed by atoms with Crippen LogP contribution in [0, 0.1) is 0 Å². The van der Waals surface area contributed by atoms with Crippen molar-refractivity contribution in [3.05, 3.63) is 89.7 Å². The Morgan fingerprint density at radius 1 is 1.00 bits per heavy atom. The molecule has 2 aromatic carbocycles. The van der Waals surface area contributed by atoms with Crippen LogP contribution in [0.3, 0.4) is 0 Å².